The lowest BCUT2D eigenvalue weighted by atomic mass is 10.3. The minimum atomic E-state index is -4.49. The van der Waals surface area contributed by atoms with Crippen LogP contribution in [0.15, 0.2) is 0 Å². The van der Waals surface area contributed by atoms with E-state index < -0.39 is 22.7 Å². The van der Waals surface area contributed by atoms with E-state index in [1.165, 1.54) is 6.92 Å². The second-order valence-corrected chi connectivity index (χ2v) is 5.76. The van der Waals surface area contributed by atoms with Gasteiger partial charge < -0.3 is 5.32 Å². The first kappa shape index (κ1) is 16.7. The maximum Gasteiger partial charge on any atom is 0.402 e. The number of hydrogen-bond acceptors (Lipinski definition) is 3. The van der Waals surface area contributed by atoms with E-state index in [0.717, 1.165) is 0 Å². The zero-order chi connectivity index (χ0) is 13.5. The molecule has 0 aliphatic rings. The van der Waals surface area contributed by atoms with E-state index in [1.54, 1.807) is 7.05 Å². The molecule has 0 aromatic rings. The van der Waals surface area contributed by atoms with Crippen LogP contribution in [0.3, 0.4) is 0 Å². The second kappa shape index (κ2) is 7.17. The largest absolute Gasteiger partial charge is 0.402 e. The first-order chi connectivity index (χ1) is 7.73. The van der Waals surface area contributed by atoms with Crippen LogP contribution < -0.4 is 5.32 Å². The maximum atomic E-state index is 12.1. The smallest absolute Gasteiger partial charge is 0.320 e. The topological polar surface area (TPSA) is 49.4 Å². The van der Waals surface area contributed by atoms with E-state index >= 15 is 0 Å². The number of hydrogen-bond donors (Lipinski definition) is 1. The maximum absolute atomic E-state index is 12.1. The summed E-state index contributed by atoms with van der Waals surface area (Å²) in [6.07, 6.45) is -3.51. The minimum Gasteiger partial charge on any atom is -0.320 e. The molecule has 0 unspecified atom stereocenters. The van der Waals surface area contributed by atoms with E-state index in [0.29, 0.717) is 23.7 Å². The first-order valence-electron chi connectivity index (χ1n) is 5.42. The van der Waals surface area contributed by atoms with Crippen molar-refractivity contribution in [2.45, 2.75) is 25.9 Å². The van der Waals surface area contributed by atoms with E-state index in [-0.39, 0.29) is 12.3 Å². The molecule has 0 aromatic heterocycles. The van der Waals surface area contributed by atoms with Gasteiger partial charge in [0, 0.05) is 6.54 Å². The van der Waals surface area contributed by atoms with E-state index in [4.69, 9.17) is 0 Å². The average Bonchev–Trinajstić information content (AvgIpc) is 2.19. The van der Waals surface area contributed by atoms with Crippen LogP contribution in [0.25, 0.3) is 0 Å². The third-order valence-corrected chi connectivity index (χ3v) is 4.16. The molecule has 1 N–H and O–H groups in total. The van der Waals surface area contributed by atoms with Crippen molar-refractivity contribution in [1.29, 1.82) is 0 Å². The summed E-state index contributed by atoms with van der Waals surface area (Å²) in [4.78, 5) is 0. The molecule has 0 radical (unpaired) electrons. The van der Waals surface area contributed by atoms with Gasteiger partial charge >= 0.3 is 6.18 Å². The van der Waals surface area contributed by atoms with Gasteiger partial charge in [-0.2, -0.15) is 17.5 Å². The number of rotatable bonds is 8. The quantitative estimate of drug-likeness (QED) is 0.678. The summed E-state index contributed by atoms with van der Waals surface area (Å²) in [7, 11) is -2.07. The molecule has 0 heterocycles. The van der Waals surface area contributed by atoms with E-state index in [2.05, 4.69) is 5.32 Å². The lowest BCUT2D eigenvalue weighted by molar-refractivity contribution is -0.135. The average molecular weight is 276 g/mol. The summed E-state index contributed by atoms with van der Waals surface area (Å²) in [5, 5.41) is 2.85. The molecule has 0 saturated heterocycles. The molecule has 0 aliphatic heterocycles. The Morgan fingerprint density at radius 1 is 1.24 bits per heavy atom. The molecular weight excluding hydrogens is 257 g/mol. The van der Waals surface area contributed by atoms with Crippen LogP contribution in [-0.4, -0.2) is 51.3 Å². The molecule has 104 valence electrons. The second-order valence-electron chi connectivity index (χ2n) is 3.67. The van der Waals surface area contributed by atoms with Gasteiger partial charge in [0.15, 0.2) is 0 Å². The van der Waals surface area contributed by atoms with Crippen molar-refractivity contribution < 1.29 is 21.6 Å². The Morgan fingerprint density at radius 3 is 2.24 bits per heavy atom. The minimum absolute atomic E-state index is 0.159. The Bertz CT molecular complexity index is 304. The molecule has 0 saturated carbocycles. The van der Waals surface area contributed by atoms with Crippen molar-refractivity contribution >= 4 is 10.0 Å². The van der Waals surface area contributed by atoms with Crippen molar-refractivity contribution in [1.82, 2.24) is 9.62 Å². The van der Waals surface area contributed by atoms with Gasteiger partial charge in [-0.3, -0.25) is 0 Å². The third-order valence-electron chi connectivity index (χ3n) is 2.18. The Balaban J connectivity index is 4.34. The summed E-state index contributed by atoms with van der Waals surface area (Å²) >= 11 is 0. The molecule has 0 atom stereocenters. The van der Waals surface area contributed by atoms with Crippen LogP contribution >= 0.6 is 0 Å². The fourth-order valence-corrected chi connectivity index (χ4v) is 2.89. The fourth-order valence-electron chi connectivity index (χ4n) is 1.32. The van der Waals surface area contributed by atoms with Gasteiger partial charge in [-0.05, 0) is 26.4 Å². The van der Waals surface area contributed by atoms with Gasteiger partial charge in [-0.25, -0.2) is 8.42 Å². The number of nitrogens with one attached hydrogen (secondary N) is 1. The highest BCUT2D eigenvalue weighted by Crippen LogP contribution is 2.18. The predicted octanol–water partition coefficient (Wildman–Crippen LogP) is 1.20. The Morgan fingerprint density at radius 2 is 1.82 bits per heavy atom. The number of nitrogens with zero attached hydrogens (tertiary/aromatic N) is 1. The summed E-state index contributed by atoms with van der Waals surface area (Å²) in [6.45, 7) is 0.490. The van der Waals surface area contributed by atoms with Crippen LogP contribution in [0.4, 0.5) is 13.2 Å². The van der Waals surface area contributed by atoms with Gasteiger partial charge in [-0.15, -0.1) is 0 Å². The van der Waals surface area contributed by atoms with Crippen LogP contribution in [-0.2, 0) is 10.0 Å². The zero-order valence-electron chi connectivity index (χ0n) is 10.0. The number of sulfonamides is 1. The van der Waals surface area contributed by atoms with Gasteiger partial charge in [0.2, 0.25) is 10.0 Å². The molecule has 4 nitrogen and oxygen atoms in total. The molecule has 0 aliphatic carbocycles. The number of halogens is 3. The Kier molecular flexibility index (Phi) is 7.03. The Hall–Kier alpha value is -0.340. The normalized spacial score (nSPS) is 13.3. The summed E-state index contributed by atoms with van der Waals surface area (Å²) < 4.78 is 60.1. The standard InChI is InChI=1S/C9H19F3N2O2S/c1-3-14(8-9(10,11)12)17(15,16)7-5-4-6-13-2/h13H,3-8H2,1-2H3. The van der Waals surface area contributed by atoms with Crippen molar-refractivity contribution in [3.8, 4) is 0 Å². The highest BCUT2D eigenvalue weighted by Gasteiger charge is 2.35. The number of unbranched alkanes of at least 4 members (excludes halogenated alkanes) is 1. The lowest BCUT2D eigenvalue weighted by Crippen LogP contribution is -2.40. The molecule has 17 heavy (non-hydrogen) atoms. The lowest BCUT2D eigenvalue weighted by Gasteiger charge is -2.21. The number of alkyl halides is 3. The fraction of sp³-hybridized carbons (Fsp3) is 1.00. The van der Waals surface area contributed by atoms with Gasteiger partial charge in [0.05, 0.1) is 5.75 Å². The monoisotopic (exact) mass is 276 g/mol. The van der Waals surface area contributed by atoms with Gasteiger partial charge in [0.25, 0.3) is 0 Å². The van der Waals surface area contributed by atoms with Gasteiger partial charge in [-0.1, -0.05) is 6.92 Å². The summed E-state index contributed by atoms with van der Waals surface area (Å²) in [5.41, 5.74) is 0. The highest BCUT2D eigenvalue weighted by molar-refractivity contribution is 7.89. The van der Waals surface area contributed by atoms with E-state index in [1.807, 2.05) is 0 Å². The SMILES string of the molecule is CCN(CC(F)(F)F)S(=O)(=O)CCCCNC. The molecular formula is C9H19F3N2O2S. The predicted molar refractivity (Wildman–Crippen MR) is 60.2 cm³/mol. The third kappa shape index (κ3) is 7.56. The molecule has 8 heteroatoms. The molecule has 0 spiro atoms. The van der Waals surface area contributed by atoms with Crippen molar-refractivity contribution in [3.63, 3.8) is 0 Å². The summed E-state index contributed by atoms with van der Waals surface area (Å²) in [6, 6.07) is 0. The van der Waals surface area contributed by atoms with E-state index in [9.17, 15) is 21.6 Å². The van der Waals surface area contributed by atoms with Crippen molar-refractivity contribution in [2.75, 3.05) is 32.4 Å². The molecule has 0 aromatic carbocycles. The van der Waals surface area contributed by atoms with Gasteiger partial charge in [0.1, 0.15) is 6.54 Å². The van der Waals surface area contributed by atoms with Crippen LogP contribution in [0.1, 0.15) is 19.8 Å². The molecule has 0 amide bonds. The van der Waals surface area contributed by atoms with Crippen LogP contribution in [0.5, 0.6) is 0 Å². The van der Waals surface area contributed by atoms with Crippen LogP contribution in [0.2, 0.25) is 0 Å². The Labute approximate surface area is 100 Å². The zero-order valence-corrected chi connectivity index (χ0v) is 10.9. The molecule has 0 rings (SSSR count). The highest BCUT2D eigenvalue weighted by atomic mass is 32.2. The molecule has 0 bridgehead atoms. The van der Waals surface area contributed by atoms with Crippen LogP contribution in [0, 0.1) is 0 Å². The van der Waals surface area contributed by atoms with Crippen molar-refractivity contribution in [2.24, 2.45) is 0 Å². The van der Waals surface area contributed by atoms with Crippen molar-refractivity contribution in [3.05, 3.63) is 0 Å². The first-order valence-corrected chi connectivity index (χ1v) is 7.03. The molecule has 0 fully saturated rings. The summed E-state index contributed by atoms with van der Waals surface area (Å²) in [5.74, 6) is -0.238.